The van der Waals surface area contributed by atoms with Gasteiger partial charge in [-0.15, -0.1) is 0 Å². The lowest BCUT2D eigenvalue weighted by molar-refractivity contribution is -0.00921. The van der Waals surface area contributed by atoms with Gasteiger partial charge in [0.25, 0.3) is 0 Å². The topological polar surface area (TPSA) is 41.5 Å². The Morgan fingerprint density at radius 2 is 1.58 bits per heavy atom. The van der Waals surface area contributed by atoms with Crippen LogP contribution in [0.25, 0.3) is 0 Å². The van der Waals surface area contributed by atoms with Crippen LogP contribution in [-0.4, -0.2) is 36.5 Å². The summed E-state index contributed by atoms with van der Waals surface area (Å²) in [4.78, 5) is 0. The fourth-order valence-corrected chi connectivity index (χ4v) is 2.09. The van der Waals surface area contributed by atoms with E-state index in [1.54, 1.807) is 0 Å². The van der Waals surface area contributed by atoms with E-state index in [0.717, 1.165) is 18.8 Å². The molecule has 0 aliphatic carbocycles. The average molecular weight is 273 g/mol. The first-order valence-electron chi connectivity index (χ1n) is 7.84. The average Bonchev–Trinajstić information content (AvgIpc) is 2.30. The molecule has 3 atom stereocenters. The molecule has 0 rings (SSSR count). The SMILES string of the molecule is CC(C)CC[C@H](C)NC[C@H](O)CO[C@H](C)CC(C)C. The van der Waals surface area contributed by atoms with Crippen LogP contribution < -0.4 is 5.32 Å². The van der Waals surface area contributed by atoms with Crippen molar-refractivity contribution >= 4 is 0 Å². The third kappa shape index (κ3) is 12.6. The lowest BCUT2D eigenvalue weighted by atomic mass is 10.0. The van der Waals surface area contributed by atoms with Gasteiger partial charge in [0, 0.05) is 12.6 Å². The second kappa shape index (κ2) is 10.6. The number of ether oxygens (including phenoxy) is 1. The summed E-state index contributed by atoms with van der Waals surface area (Å²) in [5.74, 6) is 1.38. The van der Waals surface area contributed by atoms with Gasteiger partial charge < -0.3 is 15.2 Å². The summed E-state index contributed by atoms with van der Waals surface area (Å²) in [5, 5.41) is 13.2. The highest BCUT2D eigenvalue weighted by molar-refractivity contribution is 4.66. The molecule has 0 aromatic carbocycles. The van der Waals surface area contributed by atoms with Crippen LogP contribution in [0.2, 0.25) is 0 Å². The van der Waals surface area contributed by atoms with Crippen LogP contribution in [0.3, 0.4) is 0 Å². The summed E-state index contributed by atoms with van der Waals surface area (Å²) < 4.78 is 5.66. The largest absolute Gasteiger partial charge is 0.389 e. The van der Waals surface area contributed by atoms with E-state index in [4.69, 9.17) is 4.74 Å². The number of aliphatic hydroxyl groups excluding tert-OH is 1. The third-order valence-electron chi connectivity index (χ3n) is 3.26. The Balaban J connectivity index is 3.60. The minimum absolute atomic E-state index is 0.230. The van der Waals surface area contributed by atoms with Crippen molar-refractivity contribution in [3.8, 4) is 0 Å². The van der Waals surface area contributed by atoms with Gasteiger partial charge in [0.2, 0.25) is 0 Å². The monoisotopic (exact) mass is 273 g/mol. The van der Waals surface area contributed by atoms with Crippen molar-refractivity contribution in [3.05, 3.63) is 0 Å². The predicted octanol–water partition coefficient (Wildman–Crippen LogP) is 3.21. The fourth-order valence-electron chi connectivity index (χ4n) is 2.09. The molecule has 19 heavy (non-hydrogen) atoms. The number of rotatable bonds is 11. The summed E-state index contributed by atoms with van der Waals surface area (Å²) >= 11 is 0. The highest BCUT2D eigenvalue weighted by atomic mass is 16.5. The molecule has 0 aliphatic heterocycles. The van der Waals surface area contributed by atoms with E-state index in [1.165, 1.54) is 6.42 Å². The first-order valence-corrected chi connectivity index (χ1v) is 7.84. The van der Waals surface area contributed by atoms with Crippen LogP contribution in [0.15, 0.2) is 0 Å². The smallest absolute Gasteiger partial charge is 0.0897 e. The third-order valence-corrected chi connectivity index (χ3v) is 3.26. The van der Waals surface area contributed by atoms with Crippen LogP contribution in [0.5, 0.6) is 0 Å². The van der Waals surface area contributed by atoms with Gasteiger partial charge in [-0.25, -0.2) is 0 Å². The van der Waals surface area contributed by atoms with Crippen molar-refractivity contribution in [2.45, 2.75) is 79.1 Å². The molecule has 0 unspecified atom stereocenters. The highest BCUT2D eigenvalue weighted by Crippen LogP contribution is 2.08. The van der Waals surface area contributed by atoms with Gasteiger partial charge in [0.15, 0.2) is 0 Å². The zero-order chi connectivity index (χ0) is 14.8. The molecule has 0 spiro atoms. The van der Waals surface area contributed by atoms with Crippen molar-refractivity contribution in [3.63, 3.8) is 0 Å². The van der Waals surface area contributed by atoms with Crippen molar-refractivity contribution in [1.82, 2.24) is 5.32 Å². The summed E-state index contributed by atoms with van der Waals surface area (Å²) in [7, 11) is 0. The molecule has 0 aromatic heterocycles. The molecule has 0 fully saturated rings. The molecule has 0 bridgehead atoms. The minimum atomic E-state index is -0.406. The summed E-state index contributed by atoms with van der Waals surface area (Å²) in [5.41, 5.74) is 0. The Labute approximate surface area is 120 Å². The van der Waals surface area contributed by atoms with Crippen molar-refractivity contribution in [1.29, 1.82) is 0 Å². The number of nitrogens with one attached hydrogen (secondary N) is 1. The van der Waals surface area contributed by atoms with Crippen molar-refractivity contribution in [2.24, 2.45) is 11.8 Å². The van der Waals surface area contributed by atoms with E-state index >= 15 is 0 Å². The van der Waals surface area contributed by atoms with Gasteiger partial charge in [-0.05, 0) is 44.9 Å². The van der Waals surface area contributed by atoms with Gasteiger partial charge in [0.1, 0.15) is 0 Å². The van der Waals surface area contributed by atoms with E-state index in [-0.39, 0.29) is 6.10 Å². The quantitative estimate of drug-likeness (QED) is 0.607. The second-order valence-corrected chi connectivity index (χ2v) is 6.71. The minimum Gasteiger partial charge on any atom is -0.389 e. The molecule has 0 aliphatic rings. The van der Waals surface area contributed by atoms with E-state index < -0.39 is 6.10 Å². The van der Waals surface area contributed by atoms with E-state index in [0.29, 0.717) is 25.1 Å². The van der Waals surface area contributed by atoms with E-state index in [2.05, 4.69) is 46.9 Å². The first kappa shape index (κ1) is 18.9. The molecule has 2 N–H and O–H groups in total. The Bertz CT molecular complexity index is 207. The van der Waals surface area contributed by atoms with Crippen molar-refractivity contribution in [2.75, 3.05) is 13.2 Å². The maximum absolute atomic E-state index is 9.87. The van der Waals surface area contributed by atoms with Crippen molar-refractivity contribution < 1.29 is 9.84 Å². The van der Waals surface area contributed by atoms with E-state index in [9.17, 15) is 5.11 Å². The molecule has 0 radical (unpaired) electrons. The number of hydrogen-bond donors (Lipinski definition) is 2. The first-order chi connectivity index (χ1) is 8.81. The van der Waals surface area contributed by atoms with Crippen LogP contribution in [0, 0.1) is 11.8 Å². The van der Waals surface area contributed by atoms with Gasteiger partial charge in [0.05, 0.1) is 18.8 Å². The molecule has 0 amide bonds. The van der Waals surface area contributed by atoms with Crippen LogP contribution >= 0.6 is 0 Å². The Morgan fingerprint density at radius 1 is 0.947 bits per heavy atom. The molecule has 116 valence electrons. The van der Waals surface area contributed by atoms with E-state index in [1.807, 2.05) is 0 Å². The summed E-state index contributed by atoms with van der Waals surface area (Å²) in [6.45, 7) is 14.2. The lowest BCUT2D eigenvalue weighted by Crippen LogP contribution is -2.36. The molecular weight excluding hydrogens is 238 g/mol. The zero-order valence-corrected chi connectivity index (χ0v) is 13.8. The molecule has 3 nitrogen and oxygen atoms in total. The normalized spacial score (nSPS) is 16.9. The van der Waals surface area contributed by atoms with Gasteiger partial charge in [-0.1, -0.05) is 27.7 Å². The van der Waals surface area contributed by atoms with Crippen LogP contribution in [-0.2, 0) is 4.74 Å². The molecular formula is C16H35NO2. The maximum atomic E-state index is 9.87. The molecule has 0 saturated heterocycles. The Hall–Kier alpha value is -0.120. The number of aliphatic hydroxyl groups is 1. The standard InChI is InChI=1S/C16H35NO2/c1-12(2)7-8-14(5)17-10-16(18)11-19-15(6)9-13(3)4/h12-18H,7-11H2,1-6H3/t14-,15+,16-/m0/s1. The lowest BCUT2D eigenvalue weighted by Gasteiger charge is -2.20. The predicted molar refractivity (Wildman–Crippen MR) is 82.4 cm³/mol. The van der Waals surface area contributed by atoms with Crippen LogP contribution in [0.1, 0.15) is 60.8 Å². The Morgan fingerprint density at radius 3 is 2.11 bits per heavy atom. The summed E-state index contributed by atoms with van der Waals surface area (Å²) in [6.07, 6.45) is 3.26. The van der Waals surface area contributed by atoms with Gasteiger partial charge >= 0.3 is 0 Å². The molecule has 0 aromatic rings. The second-order valence-electron chi connectivity index (χ2n) is 6.71. The maximum Gasteiger partial charge on any atom is 0.0897 e. The molecule has 3 heteroatoms. The molecule has 0 heterocycles. The summed E-state index contributed by atoms with van der Waals surface area (Å²) in [6, 6.07) is 0.463. The fraction of sp³-hybridized carbons (Fsp3) is 1.00. The molecule has 0 saturated carbocycles. The van der Waals surface area contributed by atoms with Gasteiger partial charge in [-0.2, -0.15) is 0 Å². The van der Waals surface area contributed by atoms with Crippen LogP contribution in [0.4, 0.5) is 0 Å². The Kier molecular flexibility index (Phi) is 10.6. The number of hydrogen-bond acceptors (Lipinski definition) is 3. The highest BCUT2D eigenvalue weighted by Gasteiger charge is 2.11. The zero-order valence-electron chi connectivity index (χ0n) is 13.8. The van der Waals surface area contributed by atoms with Gasteiger partial charge in [-0.3, -0.25) is 0 Å².